The Bertz CT molecular complexity index is 829. The van der Waals surface area contributed by atoms with Gasteiger partial charge in [0, 0.05) is 24.2 Å². The van der Waals surface area contributed by atoms with Crippen molar-refractivity contribution in [1.29, 1.82) is 0 Å². The number of aryl methyl sites for hydroxylation is 1. The highest BCUT2D eigenvalue weighted by Gasteiger charge is 2.21. The quantitative estimate of drug-likeness (QED) is 0.802. The Morgan fingerprint density at radius 3 is 3.17 bits per heavy atom. The van der Waals surface area contributed by atoms with Crippen LogP contribution in [0.4, 0.5) is 5.82 Å². The van der Waals surface area contributed by atoms with Crippen LogP contribution in [0.3, 0.4) is 0 Å². The van der Waals surface area contributed by atoms with Crippen LogP contribution in [-0.4, -0.2) is 32.7 Å². The maximum Gasteiger partial charge on any atom is 0.254 e. The summed E-state index contributed by atoms with van der Waals surface area (Å²) in [5.74, 6) is 3.00. The largest absolute Gasteiger partial charge is 0.493 e. The second-order valence-corrected chi connectivity index (χ2v) is 5.71. The number of nitrogens with zero attached hydrogens (tertiary/aromatic N) is 4. The van der Waals surface area contributed by atoms with Crippen LogP contribution in [0.5, 0.6) is 5.75 Å². The number of anilines is 1. The zero-order valence-corrected chi connectivity index (χ0v) is 13.1. The normalized spacial score (nSPS) is 16.8. The summed E-state index contributed by atoms with van der Waals surface area (Å²) >= 11 is 0. The van der Waals surface area contributed by atoms with E-state index in [0.29, 0.717) is 11.7 Å². The molecule has 0 saturated heterocycles. The Morgan fingerprint density at radius 2 is 2.26 bits per heavy atom. The van der Waals surface area contributed by atoms with Gasteiger partial charge in [-0.2, -0.15) is 14.6 Å². The molecule has 1 N–H and O–H groups in total. The molecule has 1 aliphatic heterocycles. The Labute approximate surface area is 134 Å². The van der Waals surface area contributed by atoms with Gasteiger partial charge in [0.1, 0.15) is 17.9 Å². The fraction of sp³-hybridized carbons (Fsp3) is 0.353. The van der Waals surface area contributed by atoms with E-state index in [2.05, 4.69) is 39.4 Å². The molecular weight excluding hydrogens is 290 g/mol. The van der Waals surface area contributed by atoms with Crippen LogP contribution < -0.4 is 10.1 Å². The molecule has 1 aromatic carbocycles. The average molecular weight is 309 g/mol. The van der Waals surface area contributed by atoms with E-state index >= 15 is 0 Å². The number of para-hydroxylation sites is 1. The highest BCUT2D eigenvalue weighted by Crippen LogP contribution is 2.33. The molecule has 118 valence electrons. The minimum absolute atomic E-state index is 0.428. The number of nitrogens with one attached hydrogen (secondary N) is 1. The predicted octanol–water partition coefficient (Wildman–Crippen LogP) is 2.66. The van der Waals surface area contributed by atoms with Gasteiger partial charge in [-0.05, 0) is 24.5 Å². The Morgan fingerprint density at radius 1 is 1.35 bits per heavy atom. The molecule has 3 aromatic rings. The Kier molecular flexibility index (Phi) is 3.57. The van der Waals surface area contributed by atoms with E-state index in [4.69, 9.17) is 4.74 Å². The zero-order valence-electron chi connectivity index (χ0n) is 13.1. The molecule has 4 rings (SSSR count). The number of hydrogen-bond acceptors (Lipinski definition) is 5. The summed E-state index contributed by atoms with van der Waals surface area (Å²) in [7, 11) is 0. The second-order valence-electron chi connectivity index (χ2n) is 5.71. The zero-order chi connectivity index (χ0) is 15.6. The van der Waals surface area contributed by atoms with E-state index in [9.17, 15) is 0 Å². The van der Waals surface area contributed by atoms with E-state index in [1.807, 2.05) is 18.2 Å². The molecule has 3 heterocycles. The molecule has 1 aliphatic rings. The number of aromatic nitrogens is 4. The van der Waals surface area contributed by atoms with Gasteiger partial charge >= 0.3 is 0 Å². The smallest absolute Gasteiger partial charge is 0.254 e. The van der Waals surface area contributed by atoms with Gasteiger partial charge in [-0.1, -0.05) is 25.1 Å². The highest BCUT2D eigenvalue weighted by atomic mass is 16.5. The average Bonchev–Trinajstić information content (AvgIpc) is 3.08. The minimum atomic E-state index is 0.428. The maximum absolute atomic E-state index is 5.73. The first kappa shape index (κ1) is 14.0. The summed E-state index contributed by atoms with van der Waals surface area (Å²) in [5.41, 5.74) is 2.28. The van der Waals surface area contributed by atoms with Crippen molar-refractivity contribution in [3.05, 3.63) is 47.9 Å². The molecule has 1 unspecified atom stereocenters. The van der Waals surface area contributed by atoms with Crippen LogP contribution in [0, 0.1) is 0 Å². The van der Waals surface area contributed by atoms with Crippen LogP contribution in [0.15, 0.2) is 36.7 Å². The fourth-order valence-corrected chi connectivity index (χ4v) is 3.02. The molecule has 0 saturated carbocycles. The third-order valence-electron chi connectivity index (χ3n) is 4.28. The van der Waals surface area contributed by atoms with Gasteiger partial charge in [0.2, 0.25) is 0 Å². The summed E-state index contributed by atoms with van der Waals surface area (Å²) < 4.78 is 7.49. The third kappa shape index (κ3) is 2.60. The van der Waals surface area contributed by atoms with Crippen LogP contribution in [0.1, 0.15) is 30.5 Å². The van der Waals surface area contributed by atoms with E-state index < -0.39 is 0 Å². The predicted molar refractivity (Wildman–Crippen MR) is 87.9 cm³/mol. The number of fused-ring (bicyclic) bond motifs is 2. The van der Waals surface area contributed by atoms with Gasteiger partial charge in [-0.3, -0.25) is 0 Å². The number of benzene rings is 1. The van der Waals surface area contributed by atoms with Crippen molar-refractivity contribution in [3.63, 3.8) is 0 Å². The fourth-order valence-electron chi connectivity index (χ4n) is 3.02. The lowest BCUT2D eigenvalue weighted by molar-refractivity contribution is 0.270. The standard InChI is InChI=1S/C17H19N5O/c1-2-13-9-16(22-17(21-13)19-11-20-22)18-10-12-7-8-23-15-6-4-3-5-14(12)15/h3-6,9,11-12,18H,2,7-8,10H2,1H3. The molecule has 0 radical (unpaired) electrons. The van der Waals surface area contributed by atoms with E-state index in [1.54, 1.807) is 4.52 Å². The molecule has 0 bridgehead atoms. The Balaban J connectivity index is 1.59. The van der Waals surface area contributed by atoms with Crippen LogP contribution in [0.2, 0.25) is 0 Å². The van der Waals surface area contributed by atoms with Gasteiger partial charge in [0.25, 0.3) is 5.78 Å². The van der Waals surface area contributed by atoms with Gasteiger partial charge in [-0.25, -0.2) is 4.98 Å². The molecular formula is C17H19N5O. The lowest BCUT2D eigenvalue weighted by Crippen LogP contribution is -2.21. The highest BCUT2D eigenvalue weighted by molar-refractivity contribution is 5.46. The summed E-state index contributed by atoms with van der Waals surface area (Å²) in [4.78, 5) is 8.67. The number of rotatable bonds is 4. The van der Waals surface area contributed by atoms with Gasteiger partial charge < -0.3 is 10.1 Å². The first-order valence-corrected chi connectivity index (χ1v) is 8.00. The molecule has 1 atom stereocenters. The molecule has 0 aliphatic carbocycles. The van der Waals surface area contributed by atoms with Crippen molar-refractivity contribution in [2.45, 2.75) is 25.7 Å². The monoisotopic (exact) mass is 309 g/mol. The van der Waals surface area contributed by atoms with Crippen molar-refractivity contribution in [1.82, 2.24) is 19.6 Å². The van der Waals surface area contributed by atoms with Crippen molar-refractivity contribution in [2.75, 3.05) is 18.5 Å². The first-order chi connectivity index (χ1) is 11.3. The Hall–Kier alpha value is -2.63. The van der Waals surface area contributed by atoms with Gasteiger partial charge in [0.05, 0.1) is 6.61 Å². The SMILES string of the molecule is CCc1cc(NCC2CCOc3ccccc32)n2ncnc2n1. The molecule has 0 fully saturated rings. The van der Waals surface area contributed by atoms with Crippen LogP contribution in [-0.2, 0) is 6.42 Å². The van der Waals surface area contributed by atoms with Crippen LogP contribution >= 0.6 is 0 Å². The lowest BCUT2D eigenvalue weighted by atomic mass is 9.93. The number of ether oxygens (including phenoxy) is 1. The molecule has 2 aromatic heterocycles. The van der Waals surface area contributed by atoms with E-state index in [-0.39, 0.29) is 0 Å². The third-order valence-corrected chi connectivity index (χ3v) is 4.28. The minimum Gasteiger partial charge on any atom is -0.493 e. The molecule has 0 amide bonds. The van der Waals surface area contributed by atoms with Crippen molar-refractivity contribution in [3.8, 4) is 5.75 Å². The van der Waals surface area contributed by atoms with E-state index in [1.165, 1.54) is 11.9 Å². The topological polar surface area (TPSA) is 64.3 Å². The summed E-state index contributed by atoms with van der Waals surface area (Å²) in [6, 6.07) is 10.3. The first-order valence-electron chi connectivity index (χ1n) is 8.00. The van der Waals surface area contributed by atoms with Crippen LogP contribution in [0.25, 0.3) is 5.78 Å². The molecule has 0 spiro atoms. The summed E-state index contributed by atoms with van der Waals surface area (Å²) in [6.07, 6.45) is 3.42. The van der Waals surface area contributed by atoms with Gasteiger partial charge in [0.15, 0.2) is 0 Å². The summed E-state index contributed by atoms with van der Waals surface area (Å²) in [6.45, 7) is 3.69. The van der Waals surface area contributed by atoms with Crippen molar-refractivity contribution in [2.24, 2.45) is 0 Å². The van der Waals surface area contributed by atoms with Crippen molar-refractivity contribution >= 4 is 11.6 Å². The van der Waals surface area contributed by atoms with Gasteiger partial charge in [-0.15, -0.1) is 0 Å². The molecule has 23 heavy (non-hydrogen) atoms. The maximum atomic E-state index is 5.73. The second kappa shape index (κ2) is 5.87. The summed E-state index contributed by atoms with van der Waals surface area (Å²) in [5, 5.41) is 7.78. The number of hydrogen-bond donors (Lipinski definition) is 1. The molecule has 6 heteroatoms. The lowest BCUT2D eigenvalue weighted by Gasteiger charge is -2.26. The van der Waals surface area contributed by atoms with E-state index in [0.717, 1.165) is 43.3 Å². The van der Waals surface area contributed by atoms with Crippen molar-refractivity contribution < 1.29 is 4.74 Å². The molecule has 6 nitrogen and oxygen atoms in total.